The van der Waals surface area contributed by atoms with E-state index in [1.165, 1.54) is 11.3 Å². The molecule has 0 unspecified atom stereocenters. The molecule has 0 atom stereocenters. The number of nitrogens with zero attached hydrogens (tertiary/aromatic N) is 2. The van der Waals surface area contributed by atoms with Gasteiger partial charge in [0.1, 0.15) is 4.83 Å². The first-order valence-corrected chi connectivity index (χ1v) is 9.18. The van der Waals surface area contributed by atoms with Crippen LogP contribution in [0.3, 0.4) is 0 Å². The highest BCUT2D eigenvalue weighted by Gasteiger charge is 2.15. The Kier molecular flexibility index (Phi) is 3.88. The van der Waals surface area contributed by atoms with E-state index in [-0.39, 0.29) is 11.3 Å². The molecule has 132 valence electrons. The Hall–Kier alpha value is -2.93. The molecule has 1 aromatic carbocycles. The average Bonchev–Trinajstić information content (AvgIpc) is 3.17. The number of H-pyrrole nitrogens is 1. The summed E-state index contributed by atoms with van der Waals surface area (Å²) in [5.74, 6) is -0.188. The monoisotopic (exact) mass is 366 g/mol. The van der Waals surface area contributed by atoms with Gasteiger partial charge in [-0.1, -0.05) is 6.92 Å². The van der Waals surface area contributed by atoms with Crippen molar-refractivity contribution >= 4 is 44.1 Å². The first-order chi connectivity index (χ1) is 12.5. The number of carbonyl (C=O) groups excluding carboxylic acids is 1. The highest BCUT2D eigenvalue weighted by Crippen LogP contribution is 2.28. The van der Waals surface area contributed by atoms with Crippen molar-refractivity contribution in [3.63, 3.8) is 0 Å². The molecule has 26 heavy (non-hydrogen) atoms. The lowest BCUT2D eigenvalue weighted by molar-refractivity contribution is 0.103. The zero-order valence-corrected chi connectivity index (χ0v) is 15.5. The van der Waals surface area contributed by atoms with E-state index in [9.17, 15) is 9.59 Å². The molecule has 0 saturated heterocycles. The second-order valence-electron chi connectivity index (χ2n) is 6.27. The fourth-order valence-corrected chi connectivity index (χ4v) is 4.10. The van der Waals surface area contributed by atoms with E-state index < -0.39 is 0 Å². The molecule has 0 bridgehead atoms. The molecule has 0 saturated carbocycles. The summed E-state index contributed by atoms with van der Waals surface area (Å²) in [5, 5.41) is 8.79. The van der Waals surface area contributed by atoms with Crippen LogP contribution >= 0.6 is 11.3 Å². The van der Waals surface area contributed by atoms with Crippen molar-refractivity contribution in [2.45, 2.75) is 20.3 Å². The largest absolute Gasteiger partial charge is 0.358 e. The van der Waals surface area contributed by atoms with E-state index in [1.54, 1.807) is 22.9 Å². The van der Waals surface area contributed by atoms with Crippen LogP contribution in [-0.4, -0.2) is 20.7 Å². The highest BCUT2D eigenvalue weighted by atomic mass is 32.1. The quantitative estimate of drug-likeness (QED) is 0.581. The molecule has 7 heteroatoms. The molecule has 4 aromatic rings. The summed E-state index contributed by atoms with van der Waals surface area (Å²) >= 11 is 1.40. The van der Waals surface area contributed by atoms with Crippen molar-refractivity contribution in [3.05, 3.63) is 56.8 Å². The second-order valence-corrected chi connectivity index (χ2v) is 7.30. The smallest absolute Gasteiger partial charge is 0.265 e. The highest BCUT2D eigenvalue weighted by molar-refractivity contribution is 7.20. The number of pyridine rings is 1. The molecular weight excluding hydrogens is 348 g/mol. The Balaban J connectivity index is 1.67. The topological polar surface area (TPSA) is 79.8 Å². The maximum atomic E-state index is 12.6. The third-order valence-corrected chi connectivity index (χ3v) is 5.64. The van der Waals surface area contributed by atoms with Crippen molar-refractivity contribution in [2.75, 3.05) is 5.32 Å². The van der Waals surface area contributed by atoms with Crippen molar-refractivity contribution in [1.82, 2.24) is 14.8 Å². The van der Waals surface area contributed by atoms with Crippen LogP contribution in [0, 0.1) is 6.92 Å². The molecular formula is C19H18N4O2S. The number of anilines is 1. The summed E-state index contributed by atoms with van der Waals surface area (Å²) in [6, 6.07) is 8.81. The lowest BCUT2D eigenvalue weighted by Crippen LogP contribution is -2.11. The number of carbonyl (C=O) groups is 1. The summed E-state index contributed by atoms with van der Waals surface area (Å²) < 4.78 is 1.78. The Morgan fingerprint density at radius 3 is 2.81 bits per heavy atom. The van der Waals surface area contributed by atoms with Crippen LogP contribution in [0.15, 0.2) is 35.1 Å². The average molecular weight is 366 g/mol. The summed E-state index contributed by atoms with van der Waals surface area (Å²) in [7, 11) is 1.87. The first kappa shape index (κ1) is 16.5. The summed E-state index contributed by atoms with van der Waals surface area (Å²) in [4.78, 5) is 29.7. The zero-order valence-electron chi connectivity index (χ0n) is 14.7. The van der Waals surface area contributed by atoms with Gasteiger partial charge < -0.3 is 10.3 Å². The lowest BCUT2D eigenvalue weighted by Gasteiger charge is -2.06. The van der Waals surface area contributed by atoms with Gasteiger partial charge in [-0.25, -0.2) is 0 Å². The number of nitrogens with one attached hydrogen (secondary N) is 2. The van der Waals surface area contributed by atoms with Crippen molar-refractivity contribution < 1.29 is 4.79 Å². The first-order valence-electron chi connectivity index (χ1n) is 8.36. The van der Waals surface area contributed by atoms with E-state index in [0.717, 1.165) is 33.5 Å². The number of thiophene rings is 1. The number of amides is 1. The molecule has 4 rings (SSSR count). The summed E-state index contributed by atoms with van der Waals surface area (Å²) in [6.45, 7) is 3.92. The lowest BCUT2D eigenvalue weighted by atomic mass is 10.1. The molecule has 0 aliphatic carbocycles. The van der Waals surface area contributed by atoms with Crippen molar-refractivity contribution in [1.29, 1.82) is 0 Å². The minimum Gasteiger partial charge on any atom is -0.358 e. The molecule has 0 radical (unpaired) electrons. The maximum absolute atomic E-state index is 12.6. The Morgan fingerprint density at radius 2 is 2.08 bits per heavy atom. The number of hydrogen-bond acceptors (Lipinski definition) is 4. The number of aromatic amines is 1. The van der Waals surface area contributed by atoms with E-state index in [1.807, 2.05) is 33.0 Å². The Morgan fingerprint density at radius 1 is 1.27 bits per heavy atom. The molecule has 6 nitrogen and oxygen atoms in total. The molecule has 3 aromatic heterocycles. The molecule has 0 fully saturated rings. The fraction of sp³-hybridized carbons (Fsp3) is 0.211. The van der Waals surface area contributed by atoms with Crippen LogP contribution in [0.25, 0.3) is 21.1 Å². The number of rotatable bonds is 3. The van der Waals surface area contributed by atoms with Crippen LogP contribution in [0.4, 0.5) is 5.69 Å². The van der Waals surface area contributed by atoms with Crippen LogP contribution in [0.5, 0.6) is 0 Å². The van der Waals surface area contributed by atoms with Gasteiger partial charge in [0, 0.05) is 40.8 Å². The zero-order chi connectivity index (χ0) is 18.4. The normalized spacial score (nSPS) is 11.3. The number of aryl methyl sites for hydroxylation is 3. The van der Waals surface area contributed by atoms with Gasteiger partial charge in [0.25, 0.3) is 5.91 Å². The standard InChI is InChI=1S/C19H18N4O2S/c1-4-11-8-16(24)14-7-12(5-6-15(14)20-11)21-18(25)17-9-13-10(2)22-23(3)19(13)26-17/h5-9H,4H2,1-3H3,(H,20,24)(H,21,25). The number of aromatic nitrogens is 3. The number of benzene rings is 1. The van der Waals surface area contributed by atoms with E-state index in [0.29, 0.717) is 16.0 Å². The van der Waals surface area contributed by atoms with Gasteiger partial charge >= 0.3 is 0 Å². The van der Waals surface area contributed by atoms with Crippen LogP contribution in [0.1, 0.15) is 28.0 Å². The molecule has 0 aliphatic rings. The Bertz CT molecular complexity index is 1180. The van der Waals surface area contributed by atoms with Crippen molar-refractivity contribution in [2.24, 2.45) is 7.05 Å². The van der Waals surface area contributed by atoms with Crippen LogP contribution in [0.2, 0.25) is 0 Å². The molecule has 3 heterocycles. The maximum Gasteiger partial charge on any atom is 0.265 e. The Labute approximate surface area is 153 Å². The van der Waals surface area contributed by atoms with E-state index in [4.69, 9.17) is 0 Å². The fourth-order valence-electron chi connectivity index (χ4n) is 3.08. The van der Waals surface area contributed by atoms with Crippen molar-refractivity contribution in [3.8, 4) is 0 Å². The van der Waals surface area contributed by atoms with E-state index >= 15 is 0 Å². The third-order valence-electron chi connectivity index (χ3n) is 4.44. The second kappa shape index (κ2) is 6.10. The van der Waals surface area contributed by atoms with Gasteiger partial charge in [-0.05, 0) is 37.6 Å². The summed E-state index contributed by atoms with van der Waals surface area (Å²) in [5.41, 5.74) is 3.13. The van der Waals surface area contributed by atoms with Crippen LogP contribution in [-0.2, 0) is 13.5 Å². The van der Waals surface area contributed by atoms with Crippen LogP contribution < -0.4 is 10.7 Å². The number of hydrogen-bond donors (Lipinski definition) is 2. The molecule has 0 spiro atoms. The van der Waals surface area contributed by atoms with Gasteiger partial charge in [0.05, 0.1) is 10.6 Å². The number of fused-ring (bicyclic) bond motifs is 2. The summed E-state index contributed by atoms with van der Waals surface area (Å²) in [6.07, 6.45) is 0.768. The molecule has 0 aliphatic heterocycles. The van der Waals surface area contributed by atoms with Gasteiger partial charge in [0.2, 0.25) is 0 Å². The third kappa shape index (κ3) is 2.70. The molecule has 1 amide bonds. The van der Waals surface area contributed by atoms with E-state index in [2.05, 4.69) is 15.4 Å². The van der Waals surface area contributed by atoms with Gasteiger partial charge in [-0.3, -0.25) is 14.3 Å². The van der Waals surface area contributed by atoms with Gasteiger partial charge in [0.15, 0.2) is 5.43 Å². The van der Waals surface area contributed by atoms with Gasteiger partial charge in [-0.15, -0.1) is 11.3 Å². The van der Waals surface area contributed by atoms with Gasteiger partial charge in [-0.2, -0.15) is 5.10 Å². The predicted octanol–water partition coefficient (Wildman–Crippen LogP) is 3.60. The predicted molar refractivity (Wildman–Crippen MR) is 105 cm³/mol. The minimum atomic E-state index is -0.188. The molecule has 2 N–H and O–H groups in total. The minimum absolute atomic E-state index is 0.0461. The SMILES string of the molecule is CCc1cc(=O)c2cc(NC(=O)c3cc4c(C)nn(C)c4s3)ccc2[nH]1.